The molecule has 1 saturated carbocycles. The van der Waals surface area contributed by atoms with Crippen LogP contribution in [0.3, 0.4) is 0 Å². The van der Waals surface area contributed by atoms with E-state index in [0.29, 0.717) is 12.1 Å². The number of nitrogens with one attached hydrogen (secondary N) is 1. The van der Waals surface area contributed by atoms with Gasteiger partial charge in [-0.15, -0.1) is 0 Å². The molecule has 0 aromatic carbocycles. The number of carbonyl (C=O) groups excluding carboxylic acids is 1. The molecule has 1 aliphatic rings. The zero-order chi connectivity index (χ0) is 13.1. The fraction of sp³-hybridized carbons (Fsp3) is 0.500. The van der Waals surface area contributed by atoms with Gasteiger partial charge in [-0.25, -0.2) is 4.98 Å². The van der Waals surface area contributed by atoms with E-state index >= 15 is 0 Å². The Morgan fingerprint density at radius 2 is 2.22 bits per heavy atom. The van der Waals surface area contributed by atoms with E-state index < -0.39 is 6.10 Å². The van der Waals surface area contributed by atoms with E-state index in [-0.39, 0.29) is 22.7 Å². The Morgan fingerprint density at radius 3 is 2.94 bits per heavy atom. The maximum absolute atomic E-state index is 12.0. The first-order chi connectivity index (χ1) is 8.58. The molecule has 0 saturated heterocycles. The molecule has 0 radical (unpaired) electrons. The minimum Gasteiger partial charge on any atom is -0.397 e. The number of halogens is 1. The SMILES string of the molecule is Nc1cnc(Cl)c(C(=O)N[C@H]2CCCC[C@@H]2O)c1. The number of rotatable bonds is 2. The Labute approximate surface area is 110 Å². The summed E-state index contributed by atoms with van der Waals surface area (Å²) in [5.41, 5.74) is 6.20. The van der Waals surface area contributed by atoms with Crippen LogP contribution in [-0.2, 0) is 0 Å². The van der Waals surface area contributed by atoms with Gasteiger partial charge in [0.05, 0.1) is 29.6 Å². The Morgan fingerprint density at radius 1 is 1.50 bits per heavy atom. The lowest BCUT2D eigenvalue weighted by atomic mass is 9.92. The molecule has 5 nitrogen and oxygen atoms in total. The van der Waals surface area contributed by atoms with E-state index in [1.807, 2.05) is 0 Å². The number of aromatic nitrogens is 1. The fourth-order valence-corrected chi connectivity index (χ4v) is 2.34. The molecular formula is C12H16ClN3O2. The molecule has 4 N–H and O–H groups in total. The Hall–Kier alpha value is -1.33. The number of carbonyl (C=O) groups is 1. The second-order valence-electron chi connectivity index (χ2n) is 4.54. The van der Waals surface area contributed by atoms with Crippen LogP contribution < -0.4 is 11.1 Å². The van der Waals surface area contributed by atoms with Crippen LogP contribution in [0.5, 0.6) is 0 Å². The van der Waals surface area contributed by atoms with Gasteiger partial charge in [-0.05, 0) is 18.9 Å². The van der Waals surface area contributed by atoms with Crippen LogP contribution in [-0.4, -0.2) is 28.1 Å². The number of amides is 1. The summed E-state index contributed by atoms with van der Waals surface area (Å²) in [7, 11) is 0. The smallest absolute Gasteiger partial charge is 0.254 e. The summed E-state index contributed by atoms with van der Waals surface area (Å²) in [6.07, 6.45) is 4.40. The van der Waals surface area contributed by atoms with E-state index in [4.69, 9.17) is 17.3 Å². The lowest BCUT2D eigenvalue weighted by Gasteiger charge is -2.28. The van der Waals surface area contributed by atoms with Crippen molar-refractivity contribution in [1.29, 1.82) is 0 Å². The Kier molecular flexibility index (Phi) is 4.04. The standard InChI is InChI=1S/C12H16ClN3O2/c13-11-8(5-7(14)6-15-11)12(18)16-9-3-1-2-4-10(9)17/h5-6,9-10,17H,1-4,14H2,(H,16,18)/t9-,10-/m0/s1. The molecule has 98 valence electrons. The minimum absolute atomic E-state index is 0.118. The van der Waals surface area contributed by atoms with Crippen molar-refractivity contribution >= 4 is 23.2 Å². The molecule has 1 aromatic rings. The summed E-state index contributed by atoms with van der Waals surface area (Å²) in [5.74, 6) is -0.342. The molecule has 1 heterocycles. The van der Waals surface area contributed by atoms with Gasteiger partial charge in [0.15, 0.2) is 0 Å². The predicted molar refractivity (Wildman–Crippen MR) is 69.4 cm³/mol. The van der Waals surface area contributed by atoms with Gasteiger partial charge in [-0.3, -0.25) is 4.79 Å². The molecule has 0 spiro atoms. The largest absolute Gasteiger partial charge is 0.397 e. The molecule has 2 rings (SSSR count). The molecular weight excluding hydrogens is 254 g/mol. The fourth-order valence-electron chi connectivity index (χ4n) is 2.15. The topological polar surface area (TPSA) is 88.2 Å². The van der Waals surface area contributed by atoms with Crippen molar-refractivity contribution in [2.75, 3.05) is 5.73 Å². The molecule has 0 aliphatic heterocycles. The van der Waals surface area contributed by atoms with Crippen LogP contribution in [0.25, 0.3) is 0 Å². The summed E-state index contributed by atoms with van der Waals surface area (Å²) in [6, 6.07) is 1.27. The third-order valence-electron chi connectivity index (χ3n) is 3.15. The number of anilines is 1. The Bertz CT molecular complexity index is 453. The molecule has 1 amide bonds. The third-order valence-corrected chi connectivity index (χ3v) is 3.45. The van der Waals surface area contributed by atoms with Crippen LogP contribution in [0.4, 0.5) is 5.69 Å². The highest BCUT2D eigenvalue weighted by Gasteiger charge is 2.25. The van der Waals surface area contributed by atoms with Crippen molar-refractivity contribution in [2.24, 2.45) is 0 Å². The van der Waals surface area contributed by atoms with Gasteiger partial charge in [0, 0.05) is 0 Å². The first-order valence-corrected chi connectivity index (χ1v) is 6.35. The number of nitrogen functional groups attached to an aromatic ring is 1. The lowest BCUT2D eigenvalue weighted by Crippen LogP contribution is -2.45. The molecule has 0 unspecified atom stereocenters. The van der Waals surface area contributed by atoms with Crippen molar-refractivity contribution in [3.8, 4) is 0 Å². The maximum Gasteiger partial charge on any atom is 0.254 e. The van der Waals surface area contributed by atoms with Crippen molar-refractivity contribution in [1.82, 2.24) is 10.3 Å². The van der Waals surface area contributed by atoms with Gasteiger partial charge in [-0.2, -0.15) is 0 Å². The number of hydrogen-bond acceptors (Lipinski definition) is 4. The highest BCUT2D eigenvalue weighted by Crippen LogP contribution is 2.20. The third kappa shape index (κ3) is 2.91. The molecule has 18 heavy (non-hydrogen) atoms. The van der Waals surface area contributed by atoms with Crippen molar-refractivity contribution in [3.63, 3.8) is 0 Å². The second-order valence-corrected chi connectivity index (χ2v) is 4.90. The normalized spacial score (nSPS) is 23.7. The molecule has 1 aliphatic carbocycles. The van der Waals surface area contributed by atoms with Crippen molar-refractivity contribution in [3.05, 3.63) is 23.0 Å². The first kappa shape index (κ1) is 13.1. The van der Waals surface area contributed by atoms with Crippen LogP contribution >= 0.6 is 11.6 Å². The summed E-state index contributed by atoms with van der Waals surface area (Å²) in [4.78, 5) is 15.9. The summed E-state index contributed by atoms with van der Waals surface area (Å²) in [6.45, 7) is 0. The van der Waals surface area contributed by atoms with E-state index in [0.717, 1.165) is 19.3 Å². The summed E-state index contributed by atoms with van der Waals surface area (Å²) >= 11 is 5.86. The van der Waals surface area contributed by atoms with Crippen LogP contribution in [0, 0.1) is 0 Å². The summed E-state index contributed by atoms with van der Waals surface area (Å²) in [5, 5.41) is 12.7. The number of hydrogen-bond donors (Lipinski definition) is 3. The Balaban J connectivity index is 2.09. The van der Waals surface area contributed by atoms with Crippen LogP contribution in [0.15, 0.2) is 12.3 Å². The molecule has 6 heteroatoms. The van der Waals surface area contributed by atoms with Gasteiger partial charge in [0.25, 0.3) is 5.91 Å². The molecule has 1 aromatic heterocycles. The van der Waals surface area contributed by atoms with Crippen LogP contribution in [0.2, 0.25) is 5.15 Å². The highest BCUT2D eigenvalue weighted by atomic mass is 35.5. The first-order valence-electron chi connectivity index (χ1n) is 5.98. The summed E-state index contributed by atoms with van der Waals surface area (Å²) < 4.78 is 0. The van der Waals surface area contributed by atoms with E-state index in [1.165, 1.54) is 12.3 Å². The zero-order valence-corrected chi connectivity index (χ0v) is 10.7. The number of aliphatic hydroxyl groups is 1. The molecule has 0 bridgehead atoms. The maximum atomic E-state index is 12.0. The minimum atomic E-state index is -0.490. The number of pyridine rings is 1. The average Bonchev–Trinajstić information content (AvgIpc) is 2.35. The van der Waals surface area contributed by atoms with Gasteiger partial charge < -0.3 is 16.2 Å². The molecule has 1 fully saturated rings. The van der Waals surface area contributed by atoms with Crippen molar-refractivity contribution < 1.29 is 9.90 Å². The lowest BCUT2D eigenvalue weighted by molar-refractivity contribution is 0.0717. The predicted octanol–water partition coefficient (Wildman–Crippen LogP) is 1.35. The quantitative estimate of drug-likeness (QED) is 0.707. The van der Waals surface area contributed by atoms with E-state index in [1.54, 1.807) is 0 Å². The zero-order valence-electron chi connectivity index (χ0n) is 9.90. The number of nitrogens with two attached hydrogens (primary N) is 1. The monoisotopic (exact) mass is 269 g/mol. The van der Waals surface area contributed by atoms with Gasteiger partial charge in [-0.1, -0.05) is 24.4 Å². The highest BCUT2D eigenvalue weighted by molar-refractivity contribution is 6.32. The van der Waals surface area contributed by atoms with Gasteiger partial charge >= 0.3 is 0 Å². The van der Waals surface area contributed by atoms with Gasteiger partial charge in [0.2, 0.25) is 0 Å². The van der Waals surface area contributed by atoms with E-state index in [2.05, 4.69) is 10.3 Å². The number of aliphatic hydroxyl groups excluding tert-OH is 1. The number of nitrogens with zero attached hydrogens (tertiary/aromatic N) is 1. The second kappa shape index (κ2) is 5.54. The van der Waals surface area contributed by atoms with Crippen LogP contribution in [0.1, 0.15) is 36.0 Å². The van der Waals surface area contributed by atoms with Gasteiger partial charge in [0.1, 0.15) is 5.15 Å². The molecule has 2 atom stereocenters. The van der Waals surface area contributed by atoms with E-state index in [9.17, 15) is 9.90 Å². The average molecular weight is 270 g/mol. The van der Waals surface area contributed by atoms with Crippen molar-refractivity contribution in [2.45, 2.75) is 37.8 Å².